The van der Waals surface area contributed by atoms with Gasteiger partial charge in [-0.15, -0.1) is 0 Å². The third-order valence-electron chi connectivity index (χ3n) is 5.45. The zero-order valence-electron chi connectivity index (χ0n) is 18.3. The van der Waals surface area contributed by atoms with Crippen molar-refractivity contribution >= 4 is 40.1 Å². The maximum atomic E-state index is 12.9. The molecule has 0 saturated heterocycles. The van der Waals surface area contributed by atoms with Gasteiger partial charge in [-0.3, -0.25) is 9.59 Å². The van der Waals surface area contributed by atoms with Crippen LogP contribution in [0.5, 0.6) is 0 Å². The smallest absolute Gasteiger partial charge is 0.258 e. The maximum absolute atomic E-state index is 12.9. The van der Waals surface area contributed by atoms with Gasteiger partial charge in [0.25, 0.3) is 5.91 Å². The Morgan fingerprint density at radius 1 is 0.970 bits per heavy atom. The Morgan fingerprint density at radius 3 is 2.39 bits per heavy atom. The molecule has 0 spiro atoms. The topological polar surface area (TPSA) is 93.7 Å². The Hall–Kier alpha value is -3.94. The minimum atomic E-state index is -0.153. The van der Waals surface area contributed by atoms with Gasteiger partial charge in [0.1, 0.15) is 0 Å². The third-order valence-corrected chi connectivity index (χ3v) is 5.45. The Bertz CT molecular complexity index is 1170. The molecule has 0 atom stereocenters. The number of fused-ring (bicyclic) bond motifs is 1. The molecule has 1 heterocycles. The lowest BCUT2D eigenvalue weighted by molar-refractivity contribution is -0.117. The summed E-state index contributed by atoms with van der Waals surface area (Å²) in [5.74, 6) is -0.254. The summed E-state index contributed by atoms with van der Waals surface area (Å²) in [5.41, 5.74) is 5.37. The van der Waals surface area contributed by atoms with E-state index in [9.17, 15) is 9.59 Å². The molecule has 0 radical (unpaired) electrons. The van der Waals surface area contributed by atoms with Crippen LogP contribution in [0.4, 0.5) is 17.1 Å². The van der Waals surface area contributed by atoms with Gasteiger partial charge >= 0.3 is 0 Å². The molecule has 0 unspecified atom stereocenters. The van der Waals surface area contributed by atoms with Gasteiger partial charge in [-0.2, -0.15) is 0 Å². The van der Waals surface area contributed by atoms with Crippen LogP contribution in [0, 0.1) is 0 Å². The van der Waals surface area contributed by atoms with E-state index in [-0.39, 0.29) is 25.0 Å². The van der Waals surface area contributed by atoms with Crippen LogP contribution in [0.1, 0.15) is 11.1 Å². The number of aliphatic hydroxyl groups excluding tert-OH is 1. The molecule has 7 heteroatoms. The van der Waals surface area contributed by atoms with Gasteiger partial charge in [0.15, 0.2) is 0 Å². The lowest BCUT2D eigenvalue weighted by Gasteiger charge is -2.19. The zero-order valence-corrected chi connectivity index (χ0v) is 18.3. The highest BCUT2D eigenvalue weighted by Crippen LogP contribution is 2.37. The molecule has 168 valence electrons. The second-order valence-corrected chi connectivity index (χ2v) is 7.64. The SMILES string of the molecule is CN(C(=O)CNCCO)c1ccc(N/C(=C2\C(=O)Nc3ccccc32)c2ccccc2)cc1. The lowest BCUT2D eigenvalue weighted by atomic mass is 10.00. The fraction of sp³-hybridized carbons (Fsp3) is 0.154. The van der Waals surface area contributed by atoms with Crippen LogP contribution in [0.15, 0.2) is 78.9 Å². The first-order valence-corrected chi connectivity index (χ1v) is 10.7. The number of nitrogens with one attached hydrogen (secondary N) is 3. The molecule has 4 N–H and O–H groups in total. The van der Waals surface area contributed by atoms with E-state index in [4.69, 9.17) is 5.11 Å². The summed E-state index contributed by atoms with van der Waals surface area (Å²) < 4.78 is 0. The molecule has 1 aliphatic rings. The third kappa shape index (κ3) is 4.95. The second-order valence-electron chi connectivity index (χ2n) is 7.64. The van der Waals surface area contributed by atoms with Gasteiger partial charge in [0.05, 0.1) is 24.4 Å². The van der Waals surface area contributed by atoms with Gasteiger partial charge in [0, 0.05) is 36.2 Å². The van der Waals surface area contributed by atoms with Crippen LogP contribution >= 0.6 is 0 Å². The fourth-order valence-electron chi connectivity index (χ4n) is 3.70. The summed E-state index contributed by atoms with van der Waals surface area (Å²) in [4.78, 5) is 26.8. The highest BCUT2D eigenvalue weighted by Gasteiger charge is 2.28. The van der Waals surface area contributed by atoms with Gasteiger partial charge in [-0.25, -0.2) is 0 Å². The average molecular weight is 443 g/mol. The van der Waals surface area contributed by atoms with Gasteiger partial charge in [0.2, 0.25) is 5.91 Å². The van der Waals surface area contributed by atoms with Crippen molar-refractivity contribution in [1.82, 2.24) is 5.32 Å². The van der Waals surface area contributed by atoms with E-state index in [0.29, 0.717) is 17.8 Å². The quantitative estimate of drug-likeness (QED) is 0.318. The molecule has 0 fully saturated rings. The highest BCUT2D eigenvalue weighted by atomic mass is 16.3. The number of hydrogen-bond donors (Lipinski definition) is 4. The molecule has 0 saturated carbocycles. The number of carbonyl (C=O) groups is 2. The van der Waals surface area contributed by atoms with E-state index in [0.717, 1.165) is 28.2 Å². The number of para-hydroxylation sites is 1. The molecular weight excluding hydrogens is 416 g/mol. The van der Waals surface area contributed by atoms with Crippen molar-refractivity contribution in [2.45, 2.75) is 0 Å². The van der Waals surface area contributed by atoms with Crippen LogP contribution in [0.2, 0.25) is 0 Å². The van der Waals surface area contributed by atoms with E-state index in [1.54, 1.807) is 11.9 Å². The summed E-state index contributed by atoms with van der Waals surface area (Å²) in [6.45, 7) is 0.505. The van der Waals surface area contributed by atoms with Crippen molar-refractivity contribution in [2.75, 3.05) is 42.3 Å². The van der Waals surface area contributed by atoms with Crippen LogP contribution in [-0.4, -0.2) is 43.7 Å². The highest BCUT2D eigenvalue weighted by molar-refractivity contribution is 6.37. The Labute approximate surface area is 192 Å². The van der Waals surface area contributed by atoms with E-state index in [1.165, 1.54) is 0 Å². The summed E-state index contributed by atoms with van der Waals surface area (Å²) in [6.07, 6.45) is 0. The molecule has 0 aliphatic carbocycles. The zero-order chi connectivity index (χ0) is 23.2. The number of rotatable bonds is 8. The number of amides is 2. The number of carbonyl (C=O) groups excluding carboxylic acids is 2. The lowest BCUT2D eigenvalue weighted by Crippen LogP contribution is -2.36. The van der Waals surface area contributed by atoms with Crippen LogP contribution in [0.25, 0.3) is 11.3 Å². The Balaban J connectivity index is 1.63. The van der Waals surface area contributed by atoms with E-state index in [2.05, 4.69) is 16.0 Å². The number of aliphatic hydroxyl groups is 1. The molecule has 3 aromatic rings. The summed E-state index contributed by atoms with van der Waals surface area (Å²) in [7, 11) is 1.71. The van der Waals surface area contributed by atoms with Crippen molar-refractivity contribution in [1.29, 1.82) is 0 Å². The first-order valence-electron chi connectivity index (χ1n) is 10.7. The number of hydrogen-bond acceptors (Lipinski definition) is 5. The van der Waals surface area contributed by atoms with Gasteiger partial charge in [-0.05, 0) is 35.9 Å². The second kappa shape index (κ2) is 10.1. The van der Waals surface area contributed by atoms with Crippen LogP contribution < -0.4 is 20.9 Å². The summed E-state index contributed by atoms with van der Waals surface area (Å²) >= 11 is 0. The minimum Gasteiger partial charge on any atom is -0.395 e. The van der Waals surface area contributed by atoms with E-state index < -0.39 is 0 Å². The molecule has 0 bridgehead atoms. The Morgan fingerprint density at radius 2 is 1.67 bits per heavy atom. The monoisotopic (exact) mass is 442 g/mol. The molecule has 0 aromatic heterocycles. The number of nitrogens with zero attached hydrogens (tertiary/aromatic N) is 1. The number of likely N-dealkylation sites (N-methyl/N-ethyl adjacent to an activating group) is 1. The summed E-state index contributed by atoms with van der Waals surface area (Å²) in [5, 5.41) is 18.1. The van der Waals surface area contributed by atoms with E-state index >= 15 is 0 Å². The first kappa shape index (κ1) is 22.3. The molecule has 4 rings (SSSR count). The molecular formula is C26H26N4O3. The Kier molecular flexibility index (Phi) is 6.83. The largest absolute Gasteiger partial charge is 0.395 e. The summed E-state index contributed by atoms with van der Waals surface area (Å²) in [6, 6.07) is 24.8. The minimum absolute atomic E-state index is 0.0148. The number of anilines is 3. The fourth-order valence-corrected chi connectivity index (χ4v) is 3.70. The van der Waals surface area contributed by atoms with E-state index in [1.807, 2.05) is 78.9 Å². The molecule has 3 aromatic carbocycles. The van der Waals surface area contributed by atoms with Crippen molar-refractivity contribution in [3.63, 3.8) is 0 Å². The van der Waals surface area contributed by atoms with Crippen LogP contribution in [0.3, 0.4) is 0 Å². The predicted octanol–water partition coefficient (Wildman–Crippen LogP) is 3.16. The van der Waals surface area contributed by atoms with Gasteiger partial charge in [-0.1, -0.05) is 48.5 Å². The molecule has 33 heavy (non-hydrogen) atoms. The van der Waals surface area contributed by atoms with Crippen molar-refractivity contribution in [3.05, 3.63) is 90.0 Å². The average Bonchev–Trinajstić information content (AvgIpc) is 3.18. The van der Waals surface area contributed by atoms with Crippen molar-refractivity contribution < 1.29 is 14.7 Å². The first-order chi connectivity index (χ1) is 16.1. The number of benzene rings is 3. The standard InChI is InChI=1S/C26H26N4O3/c1-30(23(32)17-27-15-16-31)20-13-11-19(12-14-20)28-25(18-7-3-2-4-8-18)24-21-9-5-6-10-22(21)29-26(24)33/h2-14,27-28,31H,15-17H2,1H3,(H,29,33)/b25-24-. The molecule has 2 amide bonds. The van der Waals surface area contributed by atoms with Crippen LogP contribution in [-0.2, 0) is 9.59 Å². The molecule has 7 nitrogen and oxygen atoms in total. The maximum Gasteiger partial charge on any atom is 0.258 e. The predicted molar refractivity (Wildman–Crippen MR) is 132 cm³/mol. The van der Waals surface area contributed by atoms with Crippen molar-refractivity contribution in [3.8, 4) is 0 Å². The normalized spacial score (nSPS) is 13.8. The molecule has 1 aliphatic heterocycles. The van der Waals surface area contributed by atoms with Gasteiger partial charge < -0.3 is 26.0 Å². The van der Waals surface area contributed by atoms with Crippen molar-refractivity contribution in [2.24, 2.45) is 0 Å².